The predicted octanol–water partition coefficient (Wildman–Crippen LogP) is 5.71. The summed E-state index contributed by atoms with van der Waals surface area (Å²) >= 11 is 0. The van der Waals surface area contributed by atoms with Gasteiger partial charge in [0.15, 0.2) is 5.82 Å². The highest BCUT2D eigenvalue weighted by molar-refractivity contribution is 5.93. The quantitative estimate of drug-likeness (QED) is 0.322. The molecular formula is C28H30F3N5O2. The lowest BCUT2D eigenvalue weighted by molar-refractivity contribution is 0.00968. The van der Waals surface area contributed by atoms with E-state index in [1.54, 1.807) is 37.0 Å². The molecule has 5 rings (SSSR count). The maximum absolute atomic E-state index is 14.8. The highest BCUT2D eigenvalue weighted by atomic mass is 19.3. The topological polar surface area (TPSA) is 75.4 Å². The van der Waals surface area contributed by atoms with Gasteiger partial charge in [-0.05, 0) is 31.9 Å². The number of piperidine rings is 1. The average molecular weight is 526 g/mol. The van der Waals surface area contributed by atoms with Crippen LogP contribution in [0.25, 0.3) is 10.9 Å². The third-order valence-corrected chi connectivity index (χ3v) is 7.31. The van der Waals surface area contributed by atoms with E-state index in [9.17, 15) is 18.3 Å². The van der Waals surface area contributed by atoms with Gasteiger partial charge in [0.2, 0.25) is 0 Å². The monoisotopic (exact) mass is 525 g/mol. The normalized spacial score (nSPS) is 16.2. The van der Waals surface area contributed by atoms with E-state index >= 15 is 0 Å². The summed E-state index contributed by atoms with van der Waals surface area (Å²) in [7, 11) is 3.42. The van der Waals surface area contributed by atoms with Crippen LogP contribution >= 0.6 is 0 Å². The van der Waals surface area contributed by atoms with E-state index in [0.717, 1.165) is 11.9 Å². The SMILES string of the molecule is COc1cc2nccc(N[C@H](C)c3cccc(C(F)F)c3F)c2cc1C1(O)CCN(c2ccn(C)n2)CC1. The fourth-order valence-electron chi connectivity index (χ4n) is 5.16. The Hall–Kier alpha value is -3.79. The molecule has 0 aliphatic carbocycles. The second-order valence-corrected chi connectivity index (χ2v) is 9.71. The minimum absolute atomic E-state index is 0.141. The molecule has 1 aliphatic heterocycles. The molecule has 38 heavy (non-hydrogen) atoms. The number of benzene rings is 2. The fraction of sp³-hybridized carbons (Fsp3) is 0.357. The third-order valence-electron chi connectivity index (χ3n) is 7.31. The molecule has 0 radical (unpaired) electrons. The summed E-state index contributed by atoms with van der Waals surface area (Å²) < 4.78 is 48.7. The van der Waals surface area contributed by atoms with Gasteiger partial charge in [-0.15, -0.1) is 0 Å². The van der Waals surface area contributed by atoms with Gasteiger partial charge in [-0.2, -0.15) is 5.10 Å². The lowest BCUT2D eigenvalue weighted by atomic mass is 9.83. The van der Waals surface area contributed by atoms with Crippen LogP contribution < -0.4 is 15.0 Å². The van der Waals surface area contributed by atoms with Gasteiger partial charge in [-0.3, -0.25) is 9.67 Å². The largest absolute Gasteiger partial charge is 0.496 e. The number of aliphatic hydroxyl groups is 1. The molecule has 200 valence electrons. The van der Waals surface area contributed by atoms with E-state index < -0.39 is 29.4 Å². The zero-order valence-corrected chi connectivity index (χ0v) is 21.5. The first-order valence-electron chi connectivity index (χ1n) is 12.5. The number of aromatic nitrogens is 3. The molecule has 4 aromatic rings. The maximum Gasteiger partial charge on any atom is 0.266 e. The molecule has 0 unspecified atom stereocenters. The Morgan fingerprint density at radius 1 is 1.11 bits per heavy atom. The molecule has 1 aliphatic rings. The summed E-state index contributed by atoms with van der Waals surface area (Å²) in [5, 5.41) is 20.2. The predicted molar refractivity (Wildman–Crippen MR) is 140 cm³/mol. The van der Waals surface area contributed by atoms with E-state index in [1.807, 2.05) is 25.4 Å². The Kier molecular flexibility index (Phi) is 6.92. The summed E-state index contributed by atoms with van der Waals surface area (Å²) in [4.78, 5) is 6.59. The van der Waals surface area contributed by atoms with Crippen molar-refractivity contribution in [1.29, 1.82) is 0 Å². The highest BCUT2D eigenvalue weighted by Crippen LogP contribution is 2.42. The molecule has 10 heteroatoms. The summed E-state index contributed by atoms with van der Waals surface area (Å²) in [5.41, 5.74) is 0.287. The zero-order chi connectivity index (χ0) is 27.0. The molecule has 0 spiro atoms. The van der Waals surface area contributed by atoms with Gasteiger partial charge >= 0.3 is 0 Å². The van der Waals surface area contributed by atoms with Gasteiger partial charge in [0.25, 0.3) is 6.43 Å². The lowest BCUT2D eigenvalue weighted by Crippen LogP contribution is -2.43. The van der Waals surface area contributed by atoms with E-state index in [4.69, 9.17) is 4.74 Å². The Morgan fingerprint density at radius 3 is 2.50 bits per heavy atom. The standard InChI is InChI=1S/C28H30F3N5O2/c1-17(18-5-4-6-19(26(18)29)27(30)31)33-22-7-11-32-23-16-24(38-3)21(15-20(22)23)28(37)9-13-36(14-10-28)25-8-12-35(2)34-25/h4-8,11-12,15-17,27,37H,9-10,13-14H2,1-3H3,(H,32,33)/t17-/m1/s1. The van der Waals surface area contributed by atoms with Crippen molar-refractivity contribution in [2.24, 2.45) is 7.05 Å². The van der Waals surface area contributed by atoms with Crippen LogP contribution in [0.15, 0.2) is 54.9 Å². The number of fused-ring (bicyclic) bond motifs is 1. The molecule has 2 N–H and O–H groups in total. The first-order chi connectivity index (χ1) is 18.2. The van der Waals surface area contributed by atoms with Crippen molar-refractivity contribution < 1.29 is 23.0 Å². The molecule has 2 aromatic heterocycles. The molecule has 3 heterocycles. The Bertz CT molecular complexity index is 1450. The molecule has 1 saturated heterocycles. The molecule has 0 amide bonds. The van der Waals surface area contributed by atoms with E-state index in [-0.39, 0.29) is 5.56 Å². The third kappa shape index (κ3) is 4.76. The molecule has 1 fully saturated rings. The lowest BCUT2D eigenvalue weighted by Gasteiger charge is -2.39. The van der Waals surface area contributed by atoms with Crippen molar-refractivity contribution in [3.63, 3.8) is 0 Å². The molecule has 1 atom stereocenters. The second-order valence-electron chi connectivity index (χ2n) is 9.71. The van der Waals surface area contributed by atoms with Crippen molar-refractivity contribution >= 4 is 22.4 Å². The number of aryl methyl sites for hydroxylation is 1. The number of nitrogens with one attached hydrogen (secondary N) is 1. The first-order valence-corrected chi connectivity index (χ1v) is 12.5. The van der Waals surface area contributed by atoms with Crippen LogP contribution in [-0.4, -0.2) is 40.1 Å². The molecule has 0 bridgehead atoms. The Labute approximate surface area is 218 Å². The summed E-state index contributed by atoms with van der Waals surface area (Å²) in [5.74, 6) is 0.477. The van der Waals surface area contributed by atoms with Gasteiger partial charge in [0.1, 0.15) is 11.6 Å². The summed E-state index contributed by atoms with van der Waals surface area (Å²) in [6.07, 6.45) is 1.54. The molecule has 7 nitrogen and oxygen atoms in total. The summed E-state index contributed by atoms with van der Waals surface area (Å²) in [6, 6.07) is 10.8. The van der Waals surface area contributed by atoms with E-state index in [0.29, 0.717) is 53.8 Å². The van der Waals surface area contributed by atoms with Crippen LogP contribution in [-0.2, 0) is 12.6 Å². The number of rotatable bonds is 7. The number of anilines is 2. The van der Waals surface area contributed by atoms with Gasteiger partial charge in [0, 0.05) is 66.9 Å². The minimum Gasteiger partial charge on any atom is -0.496 e. The Morgan fingerprint density at radius 2 is 1.84 bits per heavy atom. The highest BCUT2D eigenvalue weighted by Gasteiger charge is 2.37. The Balaban J connectivity index is 1.47. The minimum atomic E-state index is -2.90. The average Bonchev–Trinajstić information content (AvgIpc) is 3.34. The smallest absolute Gasteiger partial charge is 0.266 e. The molecule has 2 aromatic carbocycles. The number of nitrogens with zero attached hydrogens (tertiary/aromatic N) is 4. The maximum atomic E-state index is 14.8. The van der Waals surface area contributed by atoms with Gasteiger partial charge < -0.3 is 20.1 Å². The number of methoxy groups -OCH3 is 1. The van der Waals surface area contributed by atoms with Crippen molar-refractivity contribution in [1.82, 2.24) is 14.8 Å². The summed E-state index contributed by atoms with van der Waals surface area (Å²) in [6.45, 7) is 2.94. The second kappa shape index (κ2) is 10.2. The van der Waals surface area contributed by atoms with Crippen LogP contribution in [0.5, 0.6) is 5.75 Å². The number of pyridine rings is 1. The molecule has 0 saturated carbocycles. The van der Waals surface area contributed by atoms with Crippen LogP contribution in [0.2, 0.25) is 0 Å². The number of halogens is 3. The van der Waals surface area contributed by atoms with Crippen molar-refractivity contribution in [3.8, 4) is 5.75 Å². The van der Waals surface area contributed by atoms with Crippen molar-refractivity contribution in [2.45, 2.75) is 37.8 Å². The number of hydrogen-bond donors (Lipinski definition) is 2. The number of ether oxygens (including phenoxy) is 1. The van der Waals surface area contributed by atoms with Crippen LogP contribution in [0.1, 0.15) is 48.9 Å². The van der Waals surface area contributed by atoms with Crippen LogP contribution in [0.3, 0.4) is 0 Å². The van der Waals surface area contributed by atoms with Crippen molar-refractivity contribution in [2.75, 3.05) is 30.4 Å². The number of hydrogen-bond acceptors (Lipinski definition) is 6. The van der Waals surface area contributed by atoms with Crippen LogP contribution in [0.4, 0.5) is 24.7 Å². The van der Waals surface area contributed by atoms with E-state index in [2.05, 4.69) is 20.3 Å². The molecular weight excluding hydrogens is 495 g/mol. The van der Waals surface area contributed by atoms with Gasteiger partial charge in [0.05, 0.1) is 29.8 Å². The van der Waals surface area contributed by atoms with Gasteiger partial charge in [-0.1, -0.05) is 18.2 Å². The van der Waals surface area contributed by atoms with Gasteiger partial charge in [-0.25, -0.2) is 13.2 Å². The zero-order valence-electron chi connectivity index (χ0n) is 21.5. The number of alkyl halides is 2. The fourth-order valence-corrected chi connectivity index (χ4v) is 5.16. The first kappa shape index (κ1) is 25.8. The van der Waals surface area contributed by atoms with E-state index in [1.165, 1.54) is 12.1 Å². The van der Waals surface area contributed by atoms with Crippen molar-refractivity contribution in [3.05, 3.63) is 77.4 Å². The van der Waals surface area contributed by atoms with Crippen LogP contribution in [0, 0.1) is 5.82 Å².